The second-order valence-corrected chi connectivity index (χ2v) is 4.37. The van der Waals surface area contributed by atoms with Crippen LogP contribution in [0.3, 0.4) is 0 Å². The van der Waals surface area contributed by atoms with Gasteiger partial charge in [0.15, 0.2) is 0 Å². The Hall–Kier alpha value is -0.120. The van der Waals surface area contributed by atoms with E-state index >= 15 is 0 Å². The van der Waals surface area contributed by atoms with E-state index in [1.165, 1.54) is 19.3 Å². The molecule has 2 atom stereocenters. The van der Waals surface area contributed by atoms with Crippen molar-refractivity contribution in [3.63, 3.8) is 0 Å². The minimum atomic E-state index is 0.628. The molecule has 0 bridgehead atoms. The highest BCUT2D eigenvalue weighted by Gasteiger charge is 2.27. The molecule has 1 aliphatic heterocycles. The van der Waals surface area contributed by atoms with Gasteiger partial charge in [-0.05, 0) is 19.9 Å². The molecule has 3 nitrogen and oxygen atoms in total. The van der Waals surface area contributed by atoms with Crippen molar-refractivity contribution in [2.24, 2.45) is 0 Å². The summed E-state index contributed by atoms with van der Waals surface area (Å²) < 4.78 is 5.55. The molecule has 90 valence electrons. The predicted octanol–water partition coefficient (Wildman–Crippen LogP) is 1.49. The summed E-state index contributed by atoms with van der Waals surface area (Å²) in [7, 11) is 2.05. The lowest BCUT2D eigenvalue weighted by Crippen LogP contribution is -2.53. The van der Waals surface area contributed by atoms with Crippen LogP contribution in [0.1, 0.15) is 33.1 Å². The second kappa shape index (κ2) is 7.20. The lowest BCUT2D eigenvalue weighted by Gasteiger charge is -2.40. The summed E-state index contributed by atoms with van der Waals surface area (Å²) in [4.78, 5) is 2.64. The van der Waals surface area contributed by atoms with E-state index in [1.54, 1.807) is 0 Å². The Labute approximate surface area is 94.2 Å². The summed E-state index contributed by atoms with van der Waals surface area (Å²) in [6, 6.07) is 1.32. The monoisotopic (exact) mass is 214 g/mol. The van der Waals surface area contributed by atoms with E-state index in [1.807, 2.05) is 7.05 Å². The molecule has 1 heterocycles. The summed E-state index contributed by atoms with van der Waals surface area (Å²) in [5, 5.41) is 3.31. The van der Waals surface area contributed by atoms with Gasteiger partial charge in [-0.25, -0.2) is 0 Å². The minimum Gasteiger partial charge on any atom is -0.378 e. The summed E-state index contributed by atoms with van der Waals surface area (Å²) in [5.41, 5.74) is 0. The molecular weight excluding hydrogens is 188 g/mol. The number of nitrogens with one attached hydrogen (secondary N) is 1. The molecule has 3 heteroatoms. The first-order valence-corrected chi connectivity index (χ1v) is 6.31. The van der Waals surface area contributed by atoms with Crippen LogP contribution < -0.4 is 5.32 Å². The first kappa shape index (κ1) is 12.9. The summed E-state index contributed by atoms with van der Waals surface area (Å²) in [5.74, 6) is 0. The van der Waals surface area contributed by atoms with E-state index in [0.717, 1.165) is 26.3 Å². The highest BCUT2D eigenvalue weighted by Crippen LogP contribution is 2.16. The van der Waals surface area contributed by atoms with Gasteiger partial charge in [0, 0.05) is 25.2 Å². The zero-order chi connectivity index (χ0) is 11.1. The molecule has 0 saturated carbocycles. The predicted molar refractivity (Wildman–Crippen MR) is 64.2 cm³/mol. The maximum absolute atomic E-state index is 5.55. The van der Waals surface area contributed by atoms with E-state index in [9.17, 15) is 0 Å². The number of hydrogen-bond donors (Lipinski definition) is 1. The highest BCUT2D eigenvalue weighted by molar-refractivity contribution is 4.82. The van der Waals surface area contributed by atoms with E-state index in [2.05, 4.69) is 24.1 Å². The number of ether oxygens (including phenoxy) is 1. The zero-order valence-corrected chi connectivity index (χ0v) is 10.5. The third-order valence-electron chi connectivity index (χ3n) is 3.27. The van der Waals surface area contributed by atoms with Crippen molar-refractivity contribution in [2.45, 2.75) is 45.2 Å². The standard InChI is InChI=1S/C12H26N2O/c1-4-6-12(9-13-3)14-7-8-15-10-11(14)5-2/h11-13H,4-10H2,1-3H3. The highest BCUT2D eigenvalue weighted by atomic mass is 16.5. The molecule has 1 N–H and O–H groups in total. The molecule has 0 aromatic rings. The SMILES string of the molecule is CCCC(CNC)N1CCOCC1CC. The number of morpholine rings is 1. The topological polar surface area (TPSA) is 24.5 Å². The Morgan fingerprint density at radius 1 is 1.47 bits per heavy atom. The van der Waals surface area contributed by atoms with Crippen molar-refractivity contribution in [2.75, 3.05) is 33.4 Å². The Morgan fingerprint density at radius 2 is 2.27 bits per heavy atom. The van der Waals surface area contributed by atoms with Crippen LogP contribution in [-0.4, -0.2) is 50.3 Å². The lowest BCUT2D eigenvalue weighted by atomic mass is 10.0. The Balaban J connectivity index is 2.53. The normalized spacial score (nSPS) is 25.4. The molecule has 1 fully saturated rings. The largest absolute Gasteiger partial charge is 0.378 e. The van der Waals surface area contributed by atoms with Crippen molar-refractivity contribution >= 4 is 0 Å². The molecule has 2 unspecified atom stereocenters. The van der Waals surface area contributed by atoms with Crippen LogP contribution in [0.2, 0.25) is 0 Å². The molecule has 0 spiro atoms. The molecule has 1 rings (SSSR count). The van der Waals surface area contributed by atoms with Crippen LogP contribution in [0.25, 0.3) is 0 Å². The van der Waals surface area contributed by atoms with Crippen molar-refractivity contribution in [3.8, 4) is 0 Å². The zero-order valence-electron chi connectivity index (χ0n) is 10.5. The number of nitrogens with zero attached hydrogens (tertiary/aromatic N) is 1. The summed E-state index contributed by atoms with van der Waals surface area (Å²) >= 11 is 0. The molecule has 0 aromatic heterocycles. The summed E-state index contributed by atoms with van der Waals surface area (Å²) in [6.45, 7) is 8.55. The third kappa shape index (κ3) is 3.74. The fourth-order valence-electron chi connectivity index (χ4n) is 2.45. The Bertz CT molecular complexity index is 158. The molecule has 0 aromatic carbocycles. The van der Waals surface area contributed by atoms with E-state index in [-0.39, 0.29) is 0 Å². The van der Waals surface area contributed by atoms with Crippen LogP contribution in [0.15, 0.2) is 0 Å². The van der Waals surface area contributed by atoms with Gasteiger partial charge in [0.1, 0.15) is 0 Å². The minimum absolute atomic E-state index is 0.628. The maximum Gasteiger partial charge on any atom is 0.0622 e. The van der Waals surface area contributed by atoms with E-state index in [0.29, 0.717) is 12.1 Å². The quantitative estimate of drug-likeness (QED) is 0.725. The Kier molecular flexibility index (Phi) is 6.22. The van der Waals surface area contributed by atoms with Crippen molar-refractivity contribution in [1.29, 1.82) is 0 Å². The number of rotatable bonds is 6. The van der Waals surface area contributed by atoms with Gasteiger partial charge in [0.2, 0.25) is 0 Å². The molecule has 1 saturated heterocycles. The van der Waals surface area contributed by atoms with Gasteiger partial charge >= 0.3 is 0 Å². The molecular formula is C12H26N2O. The van der Waals surface area contributed by atoms with Gasteiger partial charge in [-0.2, -0.15) is 0 Å². The van der Waals surface area contributed by atoms with Crippen LogP contribution in [0.5, 0.6) is 0 Å². The van der Waals surface area contributed by atoms with Crippen LogP contribution in [-0.2, 0) is 4.74 Å². The lowest BCUT2D eigenvalue weighted by molar-refractivity contribution is -0.0311. The second-order valence-electron chi connectivity index (χ2n) is 4.37. The maximum atomic E-state index is 5.55. The van der Waals surface area contributed by atoms with Crippen LogP contribution in [0, 0.1) is 0 Å². The van der Waals surface area contributed by atoms with Gasteiger partial charge < -0.3 is 10.1 Å². The van der Waals surface area contributed by atoms with Crippen molar-refractivity contribution in [1.82, 2.24) is 10.2 Å². The van der Waals surface area contributed by atoms with Gasteiger partial charge in [0.25, 0.3) is 0 Å². The van der Waals surface area contributed by atoms with Crippen LogP contribution >= 0.6 is 0 Å². The van der Waals surface area contributed by atoms with Gasteiger partial charge in [-0.3, -0.25) is 4.90 Å². The average molecular weight is 214 g/mol. The number of likely N-dealkylation sites (N-methyl/N-ethyl adjacent to an activating group) is 1. The van der Waals surface area contributed by atoms with Gasteiger partial charge in [-0.1, -0.05) is 20.3 Å². The first-order chi connectivity index (χ1) is 7.33. The van der Waals surface area contributed by atoms with Crippen LogP contribution in [0.4, 0.5) is 0 Å². The molecule has 1 aliphatic rings. The fourth-order valence-corrected chi connectivity index (χ4v) is 2.45. The first-order valence-electron chi connectivity index (χ1n) is 6.31. The van der Waals surface area contributed by atoms with Crippen molar-refractivity contribution < 1.29 is 4.74 Å². The smallest absolute Gasteiger partial charge is 0.0622 e. The average Bonchev–Trinajstić information content (AvgIpc) is 2.29. The Morgan fingerprint density at radius 3 is 2.87 bits per heavy atom. The van der Waals surface area contributed by atoms with Gasteiger partial charge in [0.05, 0.1) is 13.2 Å². The fraction of sp³-hybridized carbons (Fsp3) is 1.00. The van der Waals surface area contributed by atoms with E-state index < -0.39 is 0 Å². The van der Waals surface area contributed by atoms with Crippen molar-refractivity contribution in [3.05, 3.63) is 0 Å². The van der Waals surface area contributed by atoms with E-state index in [4.69, 9.17) is 4.74 Å². The third-order valence-corrected chi connectivity index (χ3v) is 3.27. The molecule has 0 amide bonds. The molecule has 0 aliphatic carbocycles. The summed E-state index contributed by atoms with van der Waals surface area (Å²) in [6.07, 6.45) is 3.75. The molecule has 15 heavy (non-hydrogen) atoms. The number of hydrogen-bond acceptors (Lipinski definition) is 3. The molecule has 0 radical (unpaired) electrons. The van der Waals surface area contributed by atoms with Gasteiger partial charge in [-0.15, -0.1) is 0 Å².